The highest BCUT2D eigenvalue weighted by atomic mass is 35.5. The van der Waals surface area contributed by atoms with Crippen LogP contribution in [0.3, 0.4) is 0 Å². The highest BCUT2D eigenvalue weighted by Crippen LogP contribution is 2.39. The van der Waals surface area contributed by atoms with Crippen LogP contribution in [0.15, 0.2) is 12.1 Å². The first-order valence-corrected chi connectivity index (χ1v) is 4.65. The molecule has 0 aliphatic rings. The van der Waals surface area contributed by atoms with Crippen molar-refractivity contribution in [2.45, 2.75) is 20.0 Å². The molecule has 0 spiro atoms. The molecular formula is C10H13ClO3. The standard InChI is InChI=1S/C10H13ClO3/c1-6(2)14-10-8(12)4-7(11)5-9(10)13-3/h4-6,12H,1-3H3. The third kappa shape index (κ3) is 2.45. The molecule has 1 aromatic carbocycles. The number of ether oxygens (including phenoxy) is 2. The molecule has 0 radical (unpaired) electrons. The summed E-state index contributed by atoms with van der Waals surface area (Å²) in [6, 6.07) is 3.01. The van der Waals surface area contributed by atoms with Crippen LogP contribution >= 0.6 is 11.6 Å². The van der Waals surface area contributed by atoms with Crippen LogP contribution < -0.4 is 9.47 Å². The van der Waals surface area contributed by atoms with E-state index < -0.39 is 0 Å². The van der Waals surface area contributed by atoms with E-state index in [1.165, 1.54) is 13.2 Å². The van der Waals surface area contributed by atoms with Gasteiger partial charge >= 0.3 is 0 Å². The average molecular weight is 217 g/mol. The maximum absolute atomic E-state index is 9.56. The van der Waals surface area contributed by atoms with Crippen LogP contribution in [0, 0.1) is 0 Å². The Morgan fingerprint density at radius 1 is 1.36 bits per heavy atom. The summed E-state index contributed by atoms with van der Waals surface area (Å²) in [5, 5.41) is 9.98. The van der Waals surface area contributed by atoms with E-state index in [0.29, 0.717) is 16.5 Å². The molecule has 1 N–H and O–H groups in total. The van der Waals surface area contributed by atoms with Gasteiger partial charge in [-0.05, 0) is 13.8 Å². The lowest BCUT2D eigenvalue weighted by Gasteiger charge is -2.14. The summed E-state index contributed by atoms with van der Waals surface area (Å²) < 4.78 is 10.4. The Kier molecular flexibility index (Phi) is 3.47. The summed E-state index contributed by atoms with van der Waals surface area (Å²) >= 11 is 5.74. The second-order valence-electron chi connectivity index (χ2n) is 3.12. The van der Waals surface area contributed by atoms with Crippen molar-refractivity contribution in [2.24, 2.45) is 0 Å². The lowest BCUT2D eigenvalue weighted by molar-refractivity contribution is 0.220. The van der Waals surface area contributed by atoms with Gasteiger partial charge in [-0.25, -0.2) is 0 Å². The van der Waals surface area contributed by atoms with E-state index in [-0.39, 0.29) is 11.9 Å². The summed E-state index contributed by atoms with van der Waals surface area (Å²) in [7, 11) is 1.50. The average Bonchev–Trinajstić information content (AvgIpc) is 2.08. The van der Waals surface area contributed by atoms with Gasteiger partial charge in [0.05, 0.1) is 13.2 Å². The number of hydrogen-bond acceptors (Lipinski definition) is 3. The zero-order valence-corrected chi connectivity index (χ0v) is 9.13. The van der Waals surface area contributed by atoms with Gasteiger partial charge in [-0.3, -0.25) is 0 Å². The fraction of sp³-hybridized carbons (Fsp3) is 0.400. The third-order valence-electron chi connectivity index (χ3n) is 1.57. The number of halogens is 1. The molecule has 0 saturated heterocycles. The quantitative estimate of drug-likeness (QED) is 0.845. The minimum Gasteiger partial charge on any atom is -0.504 e. The summed E-state index contributed by atoms with van der Waals surface area (Å²) in [5.74, 6) is 0.749. The molecule has 78 valence electrons. The van der Waals surface area contributed by atoms with Gasteiger partial charge in [0.2, 0.25) is 5.75 Å². The Hall–Kier alpha value is -1.09. The minimum absolute atomic E-state index is 0.0111. The lowest BCUT2D eigenvalue weighted by Crippen LogP contribution is -2.06. The van der Waals surface area contributed by atoms with Gasteiger partial charge in [-0.2, -0.15) is 0 Å². The first-order valence-electron chi connectivity index (χ1n) is 4.27. The first-order chi connectivity index (χ1) is 6.54. The lowest BCUT2D eigenvalue weighted by atomic mass is 10.3. The molecular weight excluding hydrogens is 204 g/mol. The van der Waals surface area contributed by atoms with E-state index in [0.717, 1.165) is 0 Å². The monoisotopic (exact) mass is 216 g/mol. The molecule has 0 atom stereocenters. The largest absolute Gasteiger partial charge is 0.504 e. The molecule has 0 aromatic heterocycles. The van der Waals surface area contributed by atoms with Crippen molar-refractivity contribution in [3.63, 3.8) is 0 Å². The fourth-order valence-corrected chi connectivity index (χ4v) is 1.26. The maximum Gasteiger partial charge on any atom is 0.203 e. The van der Waals surface area contributed by atoms with Crippen LogP contribution in [-0.2, 0) is 0 Å². The van der Waals surface area contributed by atoms with Gasteiger partial charge in [0.1, 0.15) is 0 Å². The van der Waals surface area contributed by atoms with Crippen LogP contribution in [0.4, 0.5) is 0 Å². The smallest absolute Gasteiger partial charge is 0.203 e. The molecule has 3 nitrogen and oxygen atoms in total. The predicted molar refractivity (Wildman–Crippen MR) is 55.4 cm³/mol. The van der Waals surface area contributed by atoms with Gasteiger partial charge in [-0.15, -0.1) is 0 Å². The van der Waals surface area contributed by atoms with Crippen molar-refractivity contribution >= 4 is 11.6 Å². The second-order valence-corrected chi connectivity index (χ2v) is 3.56. The Morgan fingerprint density at radius 2 is 2.00 bits per heavy atom. The van der Waals surface area contributed by atoms with Gasteiger partial charge in [0, 0.05) is 17.2 Å². The number of benzene rings is 1. The molecule has 0 unspecified atom stereocenters. The van der Waals surface area contributed by atoms with Crippen LogP contribution in [0.5, 0.6) is 17.2 Å². The first kappa shape index (κ1) is 11.0. The van der Waals surface area contributed by atoms with Crippen molar-refractivity contribution in [3.05, 3.63) is 17.2 Å². The Balaban J connectivity index is 3.11. The normalized spacial score (nSPS) is 10.4. The highest BCUT2D eigenvalue weighted by molar-refractivity contribution is 6.31. The van der Waals surface area contributed by atoms with Crippen molar-refractivity contribution < 1.29 is 14.6 Å². The minimum atomic E-state index is -0.0315. The van der Waals surface area contributed by atoms with Crippen molar-refractivity contribution in [2.75, 3.05) is 7.11 Å². The van der Waals surface area contributed by atoms with Gasteiger partial charge in [0.15, 0.2) is 11.5 Å². The van der Waals surface area contributed by atoms with Crippen LogP contribution in [0.1, 0.15) is 13.8 Å². The van der Waals surface area contributed by atoms with E-state index in [4.69, 9.17) is 21.1 Å². The molecule has 0 amide bonds. The van der Waals surface area contributed by atoms with E-state index in [1.54, 1.807) is 6.07 Å². The number of rotatable bonds is 3. The van der Waals surface area contributed by atoms with Crippen LogP contribution in [0.25, 0.3) is 0 Å². The van der Waals surface area contributed by atoms with Gasteiger partial charge in [-0.1, -0.05) is 11.6 Å². The predicted octanol–water partition coefficient (Wildman–Crippen LogP) is 2.84. The SMILES string of the molecule is COc1cc(Cl)cc(O)c1OC(C)C. The number of phenolic OH excluding ortho intramolecular Hbond substituents is 1. The maximum atomic E-state index is 9.56. The van der Waals surface area contributed by atoms with Gasteiger partial charge < -0.3 is 14.6 Å². The van der Waals surface area contributed by atoms with Crippen molar-refractivity contribution in [1.29, 1.82) is 0 Å². The Bertz CT molecular complexity index is 323. The Morgan fingerprint density at radius 3 is 2.50 bits per heavy atom. The molecule has 0 saturated carbocycles. The summed E-state index contributed by atoms with van der Waals surface area (Å²) in [6.45, 7) is 3.74. The molecule has 0 aliphatic heterocycles. The third-order valence-corrected chi connectivity index (χ3v) is 1.79. The fourth-order valence-electron chi connectivity index (χ4n) is 1.06. The zero-order valence-electron chi connectivity index (χ0n) is 8.37. The Labute approximate surface area is 88.2 Å². The van der Waals surface area contributed by atoms with Crippen LogP contribution in [0.2, 0.25) is 5.02 Å². The van der Waals surface area contributed by atoms with E-state index in [1.807, 2.05) is 13.8 Å². The number of phenols is 1. The summed E-state index contributed by atoms with van der Waals surface area (Å²) in [4.78, 5) is 0. The molecule has 4 heteroatoms. The molecule has 0 heterocycles. The number of aromatic hydroxyl groups is 1. The van der Waals surface area contributed by atoms with Crippen molar-refractivity contribution in [1.82, 2.24) is 0 Å². The molecule has 0 fully saturated rings. The number of methoxy groups -OCH3 is 1. The van der Waals surface area contributed by atoms with Gasteiger partial charge in [0.25, 0.3) is 0 Å². The highest BCUT2D eigenvalue weighted by Gasteiger charge is 2.13. The molecule has 0 aliphatic carbocycles. The molecule has 1 aromatic rings. The summed E-state index contributed by atoms with van der Waals surface area (Å²) in [6.07, 6.45) is -0.0315. The summed E-state index contributed by atoms with van der Waals surface area (Å²) in [5.41, 5.74) is 0. The molecule has 14 heavy (non-hydrogen) atoms. The van der Waals surface area contributed by atoms with E-state index in [2.05, 4.69) is 0 Å². The number of hydrogen-bond donors (Lipinski definition) is 1. The van der Waals surface area contributed by atoms with Crippen molar-refractivity contribution in [3.8, 4) is 17.2 Å². The zero-order chi connectivity index (χ0) is 10.7. The molecule has 0 bridgehead atoms. The molecule has 1 rings (SSSR count). The topological polar surface area (TPSA) is 38.7 Å². The van der Waals surface area contributed by atoms with E-state index >= 15 is 0 Å². The van der Waals surface area contributed by atoms with Crippen LogP contribution in [-0.4, -0.2) is 18.3 Å². The second kappa shape index (κ2) is 4.42. The van der Waals surface area contributed by atoms with E-state index in [9.17, 15) is 5.11 Å².